The summed E-state index contributed by atoms with van der Waals surface area (Å²) in [5.41, 5.74) is 0. The molecule has 10 heteroatoms. The fraction of sp³-hybridized carbons (Fsp3) is 0.905. The minimum atomic E-state index is -0.333. The van der Waals surface area contributed by atoms with Crippen molar-refractivity contribution >= 4 is 11.9 Å². The van der Waals surface area contributed by atoms with Crippen LogP contribution in [0, 0.1) is 5.92 Å². The molecule has 1 unspecified atom stereocenters. The fourth-order valence-electron chi connectivity index (χ4n) is 3.73. The lowest BCUT2D eigenvalue weighted by Gasteiger charge is -2.35. The molecule has 0 aromatic carbocycles. The first-order valence-electron chi connectivity index (χ1n) is 11.1. The van der Waals surface area contributed by atoms with Crippen LogP contribution in [0.3, 0.4) is 0 Å². The Morgan fingerprint density at radius 2 is 1.65 bits per heavy atom. The highest BCUT2D eigenvalue weighted by Crippen LogP contribution is 2.25. The van der Waals surface area contributed by atoms with Gasteiger partial charge in [0.25, 0.3) is 0 Å². The number of ether oxygens (including phenoxy) is 5. The minimum Gasteiger partial charge on any atom is -0.447 e. The van der Waals surface area contributed by atoms with E-state index in [0.29, 0.717) is 65.9 Å². The average molecular weight is 447 g/mol. The zero-order valence-corrected chi connectivity index (χ0v) is 18.8. The lowest BCUT2D eigenvalue weighted by Crippen LogP contribution is -2.49. The van der Waals surface area contributed by atoms with E-state index in [1.807, 2.05) is 6.92 Å². The van der Waals surface area contributed by atoms with Gasteiger partial charge in [-0.25, -0.2) is 4.79 Å². The summed E-state index contributed by atoms with van der Waals surface area (Å²) in [6, 6.07) is 0. The van der Waals surface area contributed by atoms with Gasteiger partial charge in [-0.05, 0) is 26.7 Å². The maximum Gasteiger partial charge on any atom is 0.409 e. The maximum atomic E-state index is 12.1. The van der Waals surface area contributed by atoms with Crippen molar-refractivity contribution in [3.05, 3.63) is 0 Å². The number of piperazine rings is 1. The molecule has 1 N–H and O–H groups in total. The van der Waals surface area contributed by atoms with Crippen molar-refractivity contribution in [3.8, 4) is 0 Å². The first-order chi connectivity index (χ1) is 15.0. The number of Topliss-reactive ketones (excluding diaryl/α,β-unsaturated/α-hetero) is 1. The number of ketones is 1. The minimum absolute atomic E-state index is 0.00719. The molecule has 31 heavy (non-hydrogen) atoms. The number of nitrogens with zero attached hydrogens (tertiary/aromatic N) is 2. The molecule has 2 saturated heterocycles. The topological polar surface area (TPSA) is 107 Å². The highest BCUT2D eigenvalue weighted by Gasteiger charge is 2.30. The monoisotopic (exact) mass is 446 g/mol. The van der Waals surface area contributed by atoms with Gasteiger partial charge in [0, 0.05) is 32.1 Å². The number of rotatable bonds is 13. The van der Waals surface area contributed by atoms with Crippen LogP contribution in [0.1, 0.15) is 26.7 Å². The molecular weight excluding hydrogens is 408 g/mol. The summed E-state index contributed by atoms with van der Waals surface area (Å²) < 4.78 is 27.3. The lowest BCUT2D eigenvalue weighted by atomic mass is 9.89. The van der Waals surface area contributed by atoms with E-state index in [1.165, 1.54) is 0 Å². The average Bonchev–Trinajstić information content (AvgIpc) is 2.75. The summed E-state index contributed by atoms with van der Waals surface area (Å²) in [7, 11) is 0. The fourth-order valence-corrected chi connectivity index (χ4v) is 3.73. The highest BCUT2D eigenvalue weighted by molar-refractivity contribution is 5.78. The van der Waals surface area contributed by atoms with Crippen molar-refractivity contribution in [2.75, 3.05) is 79.2 Å². The second-order valence-corrected chi connectivity index (χ2v) is 8.02. The summed E-state index contributed by atoms with van der Waals surface area (Å²) >= 11 is 0. The van der Waals surface area contributed by atoms with Crippen molar-refractivity contribution in [1.29, 1.82) is 0 Å². The molecule has 2 aliphatic rings. The number of carbonyl (C=O) groups is 2. The van der Waals surface area contributed by atoms with Crippen LogP contribution in [0.25, 0.3) is 0 Å². The van der Waals surface area contributed by atoms with E-state index in [-0.39, 0.29) is 43.2 Å². The Morgan fingerprint density at radius 1 is 0.968 bits per heavy atom. The smallest absolute Gasteiger partial charge is 0.409 e. The Balaban J connectivity index is 1.51. The molecule has 180 valence electrons. The highest BCUT2D eigenvalue weighted by atomic mass is 16.6. The van der Waals surface area contributed by atoms with Gasteiger partial charge in [0.15, 0.2) is 0 Å². The molecular formula is C21H38N2O8. The van der Waals surface area contributed by atoms with Gasteiger partial charge in [0.05, 0.1) is 58.6 Å². The summed E-state index contributed by atoms with van der Waals surface area (Å²) in [6.45, 7) is 8.80. The van der Waals surface area contributed by atoms with Crippen LogP contribution in [0.15, 0.2) is 0 Å². The molecule has 3 atom stereocenters. The van der Waals surface area contributed by atoms with Gasteiger partial charge in [-0.2, -0.15) is 0 Å². The SMILES string of the molecule is CC(=O)C1C[C@@H](COCN2CCN(C(=O)OCCOCCOCCO)CC2)O[C@@H](C)C1. The Morgan fingerprint density at radius 3 is 2.32 bits per heavy atom. The van der Waals surface area contributed by atoms with E-state index in [9.17, 15) is 9.59 Å². The maximum absolute atomic E-state index is 12.1. The zero-order valence-electron chi connectivity index (χ0n) is 18.8. The summed E-state index contributed by atoms with van der Waals surface area (Å²) in [6.07, 6.45) is 1.21. The molecule has 0 saturated carbocycles. The van der Waals surface area contributed by atoms with Gasteiger partial charge in [-0.3, -0.25) is 9.69 Å². The molecule has 0 aliphatic carbocycles. The number of aliphatic hydroxyl groups is 1. The standard InChI is InChI=1S/C21H38N2O8/c1-17-13-19(18(2)25)14-20(31-17)15-29-16-22-3-5-23(6-4-22)21(26)30-12-11-28-10-9-27-8-7-24/h17,19-20,24H,3-16H2,1-2H3/t17-,19?,20-/m0/s1. The van der Waals surface area contributed by atoms with Crippen LogP contribution in [0.4, 0.5) is 4.79 Å². The number of hydrogen-bond acceptors (Lipinski definition) is 9. The third kappa shape index (κ3) is 10.2. The van der Waals surface area contributed by atoms with E-state index >= 15 is 0 Å². The molecule has 0 spiro atoms. The number of aliphatic hydroxyl groups excluding tert-OH is 1. The van der Waals surface area contributed by atoms with Crippen molar-refractivity contribution in [3.63, 3.8) is 0 Å². The van der Waals surface area contributed by atoms with Crippen molar-refractivity contribution in [1.82, 2.24) is 9.80 Å². The van der Waals surface area contributed by atoms with Crippen LogP contribution >= 0.6 is 0 Å². The largest absolute Gasteiger partial charge is 0.447 e. The third-order valence-electron chi connectivity index (χ3n) is 5.43. The molecule has 2 aliphatic heterocycles. The summed E-state index contributed by atoms with van der Waals surface area (Å²) in [4.78, 5) is 27.6. The van der Waals surface area contributed by atoms with Crippen LogP contribution in [0.5, 0.6) is 0 Å². The second-order valence-electron chi connectivity index (χ2n) is 8.02. The van der Waals surface area contributed by atoms with Gasteiger partial charge < -0.3 is 33.7 Å². The first kappa shape index (κ1) is 26.0. The van der Waals surface area contributed by atoms with Crippen LogP contribution in [0.2, 0.25) is 0 Å². The summed E-state index contributed by atoms with van der Waals surface area (Å²) in [5.74, 6) is 0.290. The van der Waals surface area contributed by atoms with Gasteiger partial charge in [-0.15, -0.1) is 0 Å². The lowest BCUT2D eigenvalue weighted by molar-refractivity contribution is -0.136. The van der Waals surface area contributed by atoms with Gasteiger partial charge in [0.2, 0.25) is 0 Å². The predicted molar refractivity (Wildman–Crippen MR) is 112 cm³/mol. The van der Waals surface area contributed by atoms with E-state index in [1.54, 1.807) is 11.8 Å². The number of amides is 1. The second kappa shape index (κ2) is 14.7. The Kier molecular flexibility index (Phi) is 12.3. The number of carbonyl (C=O) groups excluding carboxylic acids is 2. The quantitative estimate of drug-likeness (QED) is 0.405. The predicted octanol–water partition coefficient (Wildman–Crippen LogP) is 0.513. The first-order valence-corrected chi connectivity index (χ1v) is 11.1. The van der Waals surface area contributed by atoms with E-state index in [2.05, 4.69) is 4.90 Å². The number of hydrogen-bond donors (Lipinski definition) is 1. The Labute approximate surface area is 184 Å². The molecule has 2 heterocycles. The molecule has 1 amide bonds. The molecule has 2 fully saturated rings. The molecule has 0 radical (unpaired) electrons. The molecule has 0 aromatic rings. The molecule has 10 nitrogen and oxygen atoms in total. The molecule has 0 bridgehead atoms. The van der Waals surface area contributed by atoms with Crippen molar-refractivity contribution in [2.24, 2.45) is 5.92 Å². The van der Waals surface area contributed by atoms with Crippen molar-refractivity contribution < 1.29 is 38.4 Å². The van der Waals surface area contributed by atoms with Gasteiger partial charge in [-0.1, -0.05) is 0 Å². The zero-order chi connectivity index (χ0) is 22.5. The van der Waals surface area contributed by atoms with Gasteiger partial charge >= 0.3 is 6.09 Å². The molecule has 2 rings (SSSR count). The van der Waals surface area contributed by atoms with E-state index < -0.39 is 0 Å². The van der Waals surface area contributed by atoms with Crippen molar-refractivity contribution in [2.45, 2.75) is 38.9 Å². The van der Waals surface area contributed by atoms with E-state index in [0.717, 1.165) is 12.8 Å². The Hall–Kier alpha value is -1.30. The van der Waals surface area contributed by atoms with Gasteiger partial charge in [0.1, 0.15) is 12.4 Å². The third-order valence-corrected chi connectivity index (χ3v) is 5.43. The normalized spacial score (nSPS) is 24.9. The molecule has 0 aromatic heterocycles. The van der Waals surface area contributed by atoms with Crippen LogP contribution in [-0.2, 0) is 28.5 Å². The summed E-state index contributed by atoms with van der Waals surface area (Å²) in [5, 5.41) is 8.59. The van der Waals surface area contributed by atoms with E-state index in [4.69, 9.17) is 28.8 Å². The van der Waals surface area contributed by atoms with Crippen LogP contribution < -0.4 is 0 Å². The Bertz CT molecular complexity index is 528. The van der Waals surface area contributed by atoms with Crippen LogP contribution in [-0.4, -0.2) is 118 Å².